The number of aromatic amines is 2. The number of fused-ring (bicyclic) bond motifs is 8. The molecule has 0 fully saturated rings. The highest BCUT2D eigenvalue weighted by atomic mass is 16.4. The first kappa shape index (κ1) is 31.5. The molecule has 0 amide bonds. The molecule has 8 bridgehead atoms. The van der Waals surface area contributed by atoms with Gasteiger partial charge in [-0.2, -0.15) is 0 Å². The molecule has 6 nitrogen and oxygen atoms in total. The van der Waals surface area contributed by atoms with Gasteiger partial charge in [-0.15, -0.1) is 0 Å². The van der Waals surface area contributed by atoms with Gasteiger partial charge in [0.1, 0.15) is 0 Å². The van der Waals surface area contributed by atoms with Crippen molar-refractivity contribution in [1.29, 1.82) is 0 Å². The van der Waals surface area contributed by atoms with E-state index in [4.69, 9.17) is 9.97 Å². The summed E-state index contributed by atoms with van der Waals surface area (Å²) in [6.07, 6.45) is 6.22. The van der Waals surface area contributed by atoms with E-state index in [9.17, 15) is 9.90 Å². The maximum Gasteiger partial charge on any atom is 0.335 e. The van der Waals surface area contributed by atoms with Crippen molar-refractivity contribution >= 4 is 51.8 Å². The minimum atomic E-state index is -0.973. The lowest BCUT2D eigenvalue weighted by atomic mass is 10.0. The van der Waals surface area contributed by atoms with Gasteiger partial charge in [-0.3, -0.25) is 0 Å². The van der Waals surface area contributed by atoms with Crippen molar-refractivity contribution in [2.75, 3.05) is 0 Å². The predicted molar refractivity (Wildman–Crippen MR) is 214 cm³/mol. The van der Waals surface area contributed by atoms with Gasteiger partial charge in [-0.1, -0.05) is 103 Å². The minimum absolute atomic E-state index is 0.216. The third kappa shape index (κ3) is 6.13. The fourth-order valence-corrected chi connectivity index (χ4v) is 6.86. The second kappa shape index (κ2) is 13.3. The molecule has 3 N–H and O–H groups in total. The molecule has 0 spiro atoms. The van der Waals surface area contributed by atoms with Crippen LogP contribution in [-0.2, 0) is 0 Å². The minimum Gasteiger partial charge on any atom is -0.478 e. The number of carbonyl (C=O) groups is 1. The van der Waals surface area contributed by atoms with Gasteiger partial charge >= 0.3 is 5.97 Å². The van der Waals surface area contributed by atoms with Crippen LogP contribution in [0.15, 0.2) is 146 Å². The van der Waals surface area contributed by atoms with Gasteiger partial charge in [-0.05, 0) is 89.5 Å². The highest BCUT2D eigenvalue weighted by Crippen LogP contribution is 2.37. The maximum absolute atomic E-state index is 11.4. The summed E-state index contributed by atoms with van der Waals surface area (Å²) in [6, 6.07) is 47.9. The largest absolute Gasteiger partial charge is 0.478 e. The Morgan fingerprint density at radius 3 is 1.58 bits per heavy atom. The Morgan fingerprint density at radius 1 is 0.528 bits per heavy atom. The third-order valence-corrected chi connectivity index (χ3v) is 9.36. The van der Waals surface area contributed by atoms with Gasteiger partial charge in [0, 0.05) is 44.3 Å². The number of allylic oxidation sites excluding steroid dienone is 1. The third-order valence-electron chi connectivity index (χ3n) is 9.36. The number of H-pyrrole nitrogens is 2. The lowest BCUT2D eigenvalue weighted by Gasteiger charge is -2.05. The lowest BCUT2D eigenvalue weighted by molar-refractivity contribution is 0.0697. The standard InChI is InChI=1S/C47H30N4O2/c52-47(53)34-19-16-30(17-20-34)18-21-35-28-43-46(33-14-8-3-9-15-33)41-27-26-40(50-41)45(32-12-6-2-7-13-32)39-25-24-38(49-39)44(31-10-4-1-5-11-31)37-23-22-36(48-37)29-42(35)51-43/h1-17,19-20,22-29,48,50H,(H,52,53). The van der Waals surface area contributed by atoms with Crippen molar-refractivity contribution in [1.82, 2.24) is 19.9 Å². The Kier molecular flexibility index (Phi) is 7.92. The maximum atomic E-state index is 11.4. The number of carboxylic acid groups (broad SMARTS) is 1. The number of benzene rings is 4. The average molecular weight is 683 g/mol. The van der Waals surface area contributed by atoms with Crippen molar-refractivity contribution < 1.29 is 9.90 Å². The molecule has 0 aliphatic carbocycles. The van der Waals surface area contributed by atoms with Gasteiger partial charge in [0.25, 0.3) is 0 Å². The number of rotatable bonds is 4. The van der Waals surface area contributed by atoms with Crippen LogP contribution in [0.2, 0.25) is 0 Å². The summed E-state index contributed by atoms with van der Waals surface area (Å²) in [4.78, 5) is 29.4. The topological polar surface area (TPSA) is 94.7 Å². The van der Waals surface area contributed by atoms with Crippen molar-refractivity contribution in [3.63, 3.8) is 0 Å². The number of hydrogen-bond donors (Lipinski definition) is 3. The monoisotopic (exact) mass is 682 g/mol. The Bertz CT molecular complexity index is 2840. The van der Waals surface area contributed by atoms with Crippen LogP contribution in [0.1, 0.15) is 38.7 Å². The molecular formula is C47H30N4O2. The Hall–Kier alpha value is -7.49. The molecule has 6 heteroatoms. The summed E-state index contributed by atoms with van der Waals surface area (Å²) in [6.45, 7) is 0. The molecule has 3 aromatic heterocycles. The van der Waals surface area contributed by atoms with Crippen LogP contribution in [0.25, 0.3) is 79.2 Å². The van der Waals surface area contributed by atoms with Crippen LogP contribution in [0, 0.1) is 11.8 Å². The van der Waals surface area contributed by atoms with Crippen LogP contribution < -0.4 is 0 Å². The zero-order valence-electron chi connectivity index (χ0n) is 28.3. The zero-order chi connectivity index (χ0) is 35.7. The van der Waals surface area contributed by atoms with E-state index >= 15 is 0 Å². The molecule has 7 aromatic rings. The molecule has 53 heavy (non-hydrogen) atoms. The highest BCUT2D eigenvalue weighted by Gasteiger charge is 2.18. The van der Waals surface area contributed by atoms with Crippen molar-refractivity contribution in [3.05, 3.63) is 179 Å². The van der Waals surface area contributed by atoms with Crippen LogP contribution >= 0.6 is 0 Å². The van der Waals surface area contributed by atoms with Gasteiger partial charge < -0.3 is 15.1 Å². The van der Waals surface area contributed by atoms with Crippen molar-refractivity contribution in [2.24, 2.45) is 0 Å². The first-order valence-electron chi connectivity index (χ1n) is 17.3. The Morgan fingerprint density at radius 2 is 1.04 bits per heavy atom. The average Bonchev–Trinajstić information content (AvgIpc) is 4.03. The normalized spacial score (nSPS) is 11.8. The number of aromatic nitrogens is 4. The van der Waals surface area contributed by atoms with E-state index < -0.39 is 5.97 Å². The van der Waals surface area contributed by atoms with E-state index in [-0.39, 0.29) is 5.56 Å². The Balaban J connectivity index is 1.38. The van der Waals surface area contributed by atoms with E-state index in [2.05, 4.69) is 94.6 Å². The molecule has 0 unspecified atom stereocenters. The number of nitrogens with one attached hydrogen (secondary N) is 2. The van der Waals surface area contributed by atoms with Crippen molar-refractivity contribution in [3.8, 4) is 45.2 Å². The molecule has 250 valence electrons. The van der Waals surface area contributed by atoms with Crippen LogP contribution in [-0.4, -0.2) is 31.0 Å². The number of nitrogens with zero attached hydrogens (tertiary/aromatic N) is 2. The highest BCUT2D eigenvalue weighted by molar-refractivity contribution is 6.01. The smallest absolute Gasteiger partial charge is 0.335 e. The second-order valence-corrected chi connectivity index (χ2v) is 12.8. The van der Waals surface area contributed by atoms with E-state index in [0.717, 1.165) is 78.1 Å². The molecule has 2 aliphatic rings. The second-order valence-electron chi connectivity index (χ2n) is 12.8. The molecule has 0 saturated carbocycles. The quantitative estimate of drug-likeness (QED) is 0.161. The molecular weight excluding hydrogens is 653 g/mol. The molecule has 0 atom stereocenters. The first-order chi connectivity index (χ1) is 26.1. The predicted octanol–water partition coefficient (Wildman–Crippen LogP) is 10.8. The fraction of sp³-hybridized carbons (Fsp3) is 0. The first-order valence-corrected chi connectivity index (χ1v) is 17.3. The van der Waals surface area contributed by atoms with Gasteiger partial charge in [0.2, 0.25) is 0 Å². The molecule has 9 rings (SSSR count). The van der Waals surface area contributed by atoms with E-state index in [1.54, 1.807) is 24.3 Å². The van der Waals surface area contributed by atoms with E-state index in [1.807, 2.05) is 66.7 Å². The molecule has 5 heterocycles. The van der Waals surface area contributed by atoms with Crippen LogP contribution in [0.3, 0.4) is 0 Å². The summed E-state index contributed by atoms with van der Waals surface area (Å²) in [5.41, 5.74) is 14.5. The number of hydrogen-bond acceptors (Lipinski definition) is 3. The van der Waals surface area contributed by atoms with Gasteiger partial charge in [-0.25, -0.2) is 14.8 Å². The summed E-state index contributed by atoms with van der Waals surface area (Å²) in [7, 11) is 0. The van der Waals surface area contributed by atoms with E-state index in [0.29, 0.717) is 11.3 Å². The van der Waals surface area contributed by atoms with Crippen molar-refractivity contribution in [2.45, 2.75) is 0 Å². The van der Waals surface area contributed by atoms with Gasteiger partial charge in [0.05, 0.1) is 33.9 Å². The number of aromatic carboxylic acids is 1. The molecule has 2 aliphatic heterocycles. The van der Waals surface area contributed by atoms with E-state index in [1.165, 1.54) is 0 Å². The molecule has 4 aromatic carbocycles. The lowest BCUT2D eigenvalue weighted by Crippen LogP contribution is -1.94. The summed E-state index contributed by atoms with van der Waals surface area (Å²) >= 11 is 0. The molecule has 0 radical (unpaired) electrons. The van der Waals surface area contributed by atoms with Gasteiger partial charge in [0.15, 0.2) is 0 Å². The SMILES string of the molecule is O=C(O)c1ccc(C#CC2=Cc3nc2cc2ccc([nH]2)c(-c2ccccc2)c2nc(c(-c4ccccc4)c4ccc([nH]4)c3-c3ccccc3)C=C2)cc1. The summed E-state index contributed by atoms with van der Waals surface area (Å²) < 4.78 is 0. The zero-order valence-corrected chi connectivity index (χ0v) is 28.3. The Labute approximate surface area is 305 Å². The summed E-state index contributed by atoms with van der Waals surface area (Å²) in [5.74, 6) is 5.62. The number of carboxylic acids is 1. The summed E-state index contributed by atoms with van der Waals surface area (Å²) in [5, 5.41) is 9.37. The van der Waals surface area contributed by atoms with Crippen LogP contribution in [0.4, 0.5) is 0 Å². The fourth-order valence-electron chi connectivity index (χ4n) is 6.86. The van der Waals surface area contributed by atoms with Crippen LogP contribution in [0.5, 0.6) is 0 Å². The molecule has 0 saturated heterocycles.